The van der Waals surface area contributed by atoms with E-state index < -0.39 is 0 Å². The normalized spacial score (nSPS) is 10.4. The first-order valence-electron chi connectivity index (χ1n) is 6.27. The van der Waals surface area contributed by atoms with Crippen LogP contribution in [0.1, 0.15) is 11.1 Å². The number of fused-ring (bicyclic) bond motifs is 1. The van der Waals surface area contributed by atoms with Crippen LogP contribution < -0.4 is 4.74 Å². The third kappa shape index (κ3) is 2.10. The van der Waals surface area contributed by atoms with E-state index >= 15 is 0 Å². The second kappa shape index (κ2) is 5.06. The Morgan fingerprint density at radius 2 is 2.25 bits per heavy atom. The first kappa shape index (κ1) is 12.2. The summed E-state index contributed by atoms with van der Waals surface area (Å²) in [6.07, 6.45) is 5.46. The second-order valence-electron chi connectivity index (χ2n) is 4.53. The molecule has 0 aliphatic carbocycles. The SMILES string of the molecule is COc1ccc2c(c1)c(C#N)cn2Cc1cccnc1. The van der Waals surface area contributed by atoms with E-state index in [2.05, 4.69) is 15.6 Å². The first-order valence-corrected chi connectivity index (χ1v) is 6.27. The Kier molecular flexibility index (Phi) is 3.10. The van der Waals surface area contributed by atoms with Crippen LogP contribution in [0.2, 0.25) is 0 Å². The molecule has 0 amide bonds. The summed E-state index contributed by atoms with van der Waals surface area (Å²) in [6.45, 7) is 0.693. The smallest absolute Gasteiger partial charge is 0.119 e. The summed E-state index contributed by atoms with van der Waals surface area (Å²) in [5, 5.41) is 10.2. The summed E-state index contributed by atoms with van der Waals surface area (Å²) >= 11 is 0. The van der Waals surface area contributed by atoms with Gasteiger partial charge in [-0.05, 0) is 29.8 Å². The summed E-state index contributed by atoms with van der Waals surface area (Å²) in [5.41, 5.74) is 2.78. The maximum atomic E-state index is 9.26. The molecule has 0 aliphatic rings. The fraction of sp³-hybridized carbons (Fsp3) is 0.125. The van der Waals surface area contributed by atoms with Crippen molar-refractivity contribution < 1.29 is 4.74 Å². The van der Waals surface area contributed by atoms with Crippen molar-refractivity contribution in [3.05, 3.63) is 60.0 Å². The molecule has 0 spiro atoms. The molecule has 20 heavy (non-hydrogen) atoms. The van der Waals surface area contributed by atoms with E-state index in [0.717, 1.165) is 22.2 Å². The van der Waals surface area contributed by atoms with Crippen molar-refractivity contribution >= 4 is 10.9 Å². The zero-order chi connectivity index (χ0) is 13.9. The van der Waals surface area contributed by atoms with Crippen LogP contribution >= 0.6 is 0 Å². The zero-order valence-corrected chi connectivity index (χ0v) is 11.1. The maximum Gasteiger partial charge on any atom is 0.119 e. The number of nitrogens with zero attached hydrogens (tertiary/aromatic N) is 3. The maximum absolute atomic E-state index is 9.26. The van der Waals surface area contributed by atoms with Gasteiger partial charge in [-0.25, -0.2) is 0 Å². The number of aromatic nitrogens is 2. The van der Waals surface area contributed by atoms with Crippen LogP contribution in [-0.4, -0.2) is 16.7 Å². The van der Waals surface area contributed by atoms with Crippen molar-refractivity contribution in [3.8, 4) is 11.8 Å². The molecule has 3 rings (SSSR count). The lowest BCUT2D eigenvalue weighted by molar-refractivity contribution is 0.415. The van der Waals surface area contributed by atoms with Gasteiger partial charge in [-0.2, -0.15) is 5.26 Å². The Morgan fingerprint density at radius 1 is 1.35 bits per heavy atom. The van der Waals surface area contributed by atoms with Crippen LogP contribution in [0.15, 0.2) is 48.9 Å². The fourth-order valence-electron chi connectivity index (χ4n) is 2.31. The van der Waals surface area contributed by atoms with Gasteiger partial charge in [-0.1, -0.05) is 6.07 Å². The summed E-state index contributed by atoms with van der Waals surface area (Å²) in [7, 11) is 1.62. The number of hydrogen-bond acceptors (Lipinski definition) is 3. The van der Waals surface area contributed by atoms with E-state index in [1.807, 2.05) is 42.7 Å². The Hall–Kier alpha value is -2.80. The van der Waals surface area contributed by atoms with Gasteiger partial charge in [0.2, 0.25) is 0 Å². The van der Waals surface area contributed by atoms with Crippen molar-refractivity contribution in [2.75, 3.05) is 7.11 Å². The van der Waals surface area contributed by atoms with Crippen LogP contribution in [0.4, 0.5) is 0 Å². The van der Waals surface area contributed by atoms with E-state index in [4.69, 9.17) is 4.74 Å². The topological polar surface area (TPSA) is 50.8 Å². The number of nitriles is 1. The predicted molar refractivity (Wildman–Crippen MR) is 76.5 cm³/mol. The molecule has 0 bridgehead atoms. The third-order valence-electron chi connectivity index (χ3n) is 3.28. The van der Waals surface area contributed by atoms with Crippen molar-refractivity contribution in [1.29, 1.82) is 5.26 Å². The van der Waals surface area contributed by atoms with Crippen molar-refractivity contribution in [2.24, 2.45) is 0 Å². The van der Waals surface area contributed by atoms with Gasteiger partial charge in [0.25, 0.3) is 0 Å². The molecule has 0 N–H and O–H groups in total. The number of rotatable bonds is 3. The summed E-state index contributed by atoms with van der Waals surface area (Å²) in [4.78, 5) is 4.12. The molecule has 4 nitrogen and oxygen atoms in total. The molecule has 2 aromatic heterocycles. The monoisotopic (exact) mass is 263 g/mol. The van der Waals surface area contributed by atoms with Crippen molar-refractivity contribution in [1.82, 2.24) is 9.55 Å². The second-order valence-corrected chi connectivity index (χ2v) is 4.53. The molecule has 0 atom stereocenters. The molecule has 3 aromatic rings. The molecule has 4 heteroatoms. The average Bonchev–Trinajstić information content (AvgIpc) is 2.85. The van der Waals surface area contributed by atoms with Gasteiger partial charge in [-0.15, -0.1) is 0 Å². The standard InChI is InChI=1S/C16H13N3O/c1-20-14-4-5-16-15(7-14)13(8-17)11-19(16)10-12-3-2-6-18-9-12/h2-7,9,11H,10H2,1H3. The minimum Gasteiger partial charge on any atom is -0.497 e. The molecular formula is C16H13N3O. The Bertz CT molecular complexity index is 785. The fourth-order valence-corrected chi connectivity index (χ4v) is 2.31. The van der Waals surface area contributed by atoms with Crippen LogP contribution in [0, 0.1) is 11.3 Å². The quantitative estimate of drug-likeness (QED) is 0.730. The van der Waals surface area contributed by atoms with Crippen LogP contribution in [-0.2, 0) is 6.54 Å². The lowest BCUT2D eigenvalue weighted by atomic mass is 10.2. The predicted octanol–water partition coefficient (Wildman–Crippen LogP) is 2.96. The van der Waals surface area contributed by atoms with Gasteiger partial charge in [0.15, 0.2) is 0 Å². The minimum atomic E-state index is 0.655. The highest BCUT2D eigenvalue weighted by Gasteiger charge is 2.09. The lowest BCUT2D eigenvalue weighted by Gasteiger charge is -2.05. The highest BCUT2D eigenvalue weighted by molar-refractivity contribution is 5.87. The van der Waals surface area contributed by atoms with Gasteiger partial charge in [0.05, 0.1) is 12.7 Å². The van der Waals surface area contributed by atoms with E-state index in [1.165, 1.54) is 0 Å². The average molecular weight is 263 g/mol. The zero-order valence-electron chi connectivity index (χ0n) is 11.1. The number of ether oxygens (including phenoxy) is 1. The number of hydrogen-bond donors (Lipinski definition) is 0. The lowest BCUT2D eigenvalue weighted by Crippen LogP contribution is -1.98. The molecule has 98 valence electrons. The molecule has 0 saturated carbocycles. The first-order chi connectivity index (χ1) is 9.81. The summed E-state index contributed by atoms with van der Waals surface area (Å²) < 4.78 is 7.28. The molecule has 0 aliphatic heterocycles. The van der Waals surface area contributed by atoms with Crippen LogP contribution in [0.5, 0.6) is 5.75 Å². The highest BCUT2D eigenvalue weighted by Crippen LogP contribution is 2.26. The Balaban J connectivity index is 2.10. The van der Waals surface area contributed by atoms with Gasteiger partial charge >= 0.3 is 0 Å². The van der Waals surface area contributed by atoms with Gasteiger partial charge in [0, 0.05) is 36.0 Å². The molecule has 0 radical (unpaired) electrons. The third-order valence-corrected chi connectivity index (χ3v) is 3.28. The largest absolute Gasteiger partial charge is 0.497 e. The molecular weight excluding hydrogens is 250 g/mol. The van der Waals surface area contributed by atoms with Crippen molar-refractivity contribution in [3.63, 3.8) is 0 Å². The van der Waals surface area contributed by atoms with Crippen LogP contribution in [0.3, 0.4) is 0 Å². The molecule has 0 unspecified atom stereocenters. The van der Waals surface area contributed by atoms with E-state index in [1.54, 1.807) is 13.3 Å². The highest BCUT2D eigenvalue weighted by atomic mass is 16.5. The summed E-state index contributed by atoms with van der Waals surface area (Å²) in [5.74, 6) is 0.758. The Labute approximate surface area is 116 Å². The van der Waals surface area contributed by atoms with Gasteiger partial charge < -0.3 is 9.30 Å². The van der Waals surface area contributed by atoms with E-state index in [0.29, 0.717) is 12.1 Å². The Morgan fingerprint density at radius 3 is 2.95 bits per heavy atom. The number of benzene rings is 1. The van der Waals surface area contributed by atoms with E-state index in [-0.39, 0.29) is 0 Å². The summed E-state index contributed by atoms with van der Waals surface area (Å²) in [6, 6.07) is 11.9. The number of methoxy groups -OCH3 is 1. The molecule has 0 fully saturated rings. The van der Waals surface area contributed by atoms with Crippen molar-refractivity contribution in [2.45, 2.75) is 6.54 Å². The minimum absolute atomic E-state index is 0.655. The van der Waals surface area contributed by atoms with Crippen LogP contribution in [0.25, 0.3) is 10.9 Å². The van der Waals surface area contributed by atoms with Gasteiger partial charge in [-0.3, -0.25) is 4.98 Å². The number of pyridine rings is 1. The van der Waals surface area contributed by atoms with Gasteiger partial charge in [0.1, 0.15) is 11.8 Å². The van der Waals surface area contributed by atoms with E-state index in [9.17, 15) is 5.26 Å². The molecule has 1 aromatic carbocycles. The molecule has 0 saturated heterocycles. The molecule has 2 heterocycles.